The molecule has 0 fully saturated rings. The van der Waals surface area contributed by atoms with Crippen LogP contribution in [0.1, 0.15) is 45.2 Å². The number of hydrogen-bond acceptors (Lipinski definition) is 3. The molecular weight excluding hydrogens is 316 g/mol. The van der Waals surface area contributed by atoms with Gasteiger partial charge in [-0.3, -0.25) is 0 Å². The lowest BCUT2D eigenvalue weighted by Gasteiger charge is -2.33. The average Bonchev–Trinajstić information content (AvgIpc) is 2.43. The van der Waals surface area contributed by atoms with Crippen LogP contribution in [0.25, 0.3) is 0 Å². The molecule has 0 spiro atoms. The minimum Gasteiger partial charge on any atom is -0.383 e. The van der Waals surface area contributed by atoms with Crippen molar-refractivity contribution in [1.29, 1.82) is 0 Å². The second kappa shape index (κ2) is 8.65. The summed E-state index contributed by atoms with van der Waals surface area (Å²) in [5.41, 5.74) is 8.32. The summed E-state index contributed by atoms with van der Waals surface area (Å²) in [7, 11) is 1.75. The van der Waals surface area contributed by atoms with Crippen LogP contribution in [0.5, 0.6) is 0 Å². The number of rotatable bonds is 8. The zero-order valence-electron chi connectivity index (χ0n) is 13.0. The molecule has 0 aromatic heterocycles. The lowest BCUT2D eigenvalue weighted by atomic mass is 10.1. The van der Waals surface area contributed by atoms with Crippen molar-refractivity contribution in [2.24, 2.45) is 5.73 Å². The fourth-order valence-corrected chi connectivity index (χ4v) is 3.08. The third kappa shape index (κ3) is 4.47. The monoisotopic (exact) mass is 342 g/mol. The zero-order valence-corrected chi connectivity index (χ0v) is 14.6. The number of benzene rings is 1. The van der Waals surface area contributed by atoms with E-state index in [0.29, 0.717) is 6.04 Å². The highest BCUT2D eigenvalue weighted by Gasteiger charge is 2.18. The predicted octanol–water partition coefficient (Wildman–Crippen LogP) is 4.11. The van der Waals surface area contributed by atoms with E-state index in [9.17, 15) is 0 Å². The molecule has 0 heterocycles. The molecule has 0 saturated carbocycles. The summed E-state index contributed by atoms with van der Waals surface area (Å²) in [5, 5.41) is 0. The van der Waals surface area contributed by atoms with Crippen molar-refractivity contribution in [3.05, 3.63) is 28.2 Å². The lowest BCUT2D eigenvalue weighted by molar-refractivity contribution is 0.202. The van der Waals surface area contributed by atoms with Gasteiger partial charge in [0.2, 0.25) is 0 Å². The van der Waals surface area contributed by atoms with Crippen LogP contribution in [0.2, 0.25) is 0 Å². The van der Waals surface area contributed by atoms with Crippen molar-refractivity contribution >= 4 is 21.6 Å². The molecule has 20 heavy (non-hydrogen) atoms. The van der Waals surface area contributed by atoms with Crippen molar-refractivity contribution in [1.82, 2.24) is 0 Å². The Kier molecular flexibility index (Phi) is 7.56. The number of anilines is 1. The zero-order chi connectivity index (χ0) is 15.1. The molecule has 1 atom stereocenters. The van der Waals surface area contributed by atoms with E-state index in [-0.39, 0.29) is 6.04 Å². The maximum atomic E-state index is 5.95. The van der Waals surface area contributed by atoms with E-state index in [1.54, 1.807) is 7.11 Å². The average molecular weight is 343 g/mol. The van der Waals surface area contributed by atoms with Gasteiger partial charge in [-0.15, -0.1) is 0 Å². The van der Waals surface area contributed by atoms with Crippen LogP contribution in [0.15, 0.2) is 22.7 Å². The fraction of sp³-hybridized carbons (Fsp3) is 0.625. The van der Waals surface area contributed by atoms with Crippen LogP contribution in [0, 0.1) is 0 Å². The Hall–Kier alpha value is -0.580. The molecule has 1 aromatic rings. The van der Waals surface area contributed by atoms with Crippen LogP contribution >= 0.6 is 15.9 Å². The largest absolute Gasteiger partial charge is 0.383 e. The molecule has 2 N–H and O–H groups in total. The Labute approximate surface area is 131 Å². The Bertz CT molecular complexity index is 405. The summed E-state index contributed by atoms with van der Waals surface area (Å²) >= 11 is 3.70. The number of methoxy groups -OCH3 is 1. The highest BCUT2D eigenvalue weighted by atomic mass is 79.9. The molecular formula is C16H27BrN2O. The molecule has 114 valence electrons. The molecule has 0 radical (unpaired) electrons. The van der Waals surface area contributed by atoms with Gasteiger partial charge in [0.05, 0.1) is 12.3 Å². The van der Waals surface area contributed by atoms with Gasteiger partial charge in [-0.25, -0.2) is 0 Å². The molecule has 0 saturated heterocycles. The minimum absolute atomic E-state index is 0.0564. The summed E-state index contributed by atoms with van der Waals surface area (Å²) in [6.07, 6.45) is 2.25. The number of halogens is 1. The number of nitrogens with zero attached hydrogens (tertiary/aromatic N) is 1. The number of hydrogen-bond donors (Lipinski definition) is 1. The smallest absolute Gasteiger partial charge is 0.0637 e. The van der Waals surface area contributed by atoms with Gasteiger partial charge in [0, 0.05) is 30.2 Å². The van der Waals surface area contributed by atoms with Crippen molar-refractivity contribution in [2.75, 3.05) is 25.2 Å². The van der Waals surface area contributed by atoms with Gasteiger partial charge < -0.3 is 15.4 Å². The normalized spacial score (nSPS) is 12.8. The van der Waals surface area contributed by atoms with Crippen LogP contribution in [0.3, 0.4) is 0 Å². The second-order valence-corrected chi connectivity index (χ2v) is 6.01. The van der Waals surface area contributed by atoms with E-state index in [1.165, 1.54) is 5.69 Å². The fourth-order valence-electron chi connectivity index (χ4n) is 2.46. The number of ether oxygens (including phenoxy) is 1. The molecule has 1 aromatic carbocycles. The maximum absolute atomic E-state index is 5.95. The highest BCUT2D eigenvalue weighted by molar-refractivity contribution is 9.10. The number of nitrogens with two attached hydrogens (primary N) is 1. The van der Waals surface area contributed by atoms with E-state index >= 15 is 0 Å². The van der Waals surface area contributed by atoms with Gasteiger partial charge in [-0.1, -0.05) is 19.9 Å². The van der Waals surface area contributed by atoms with Crippen LogP contribution in [0.4, 0.5) is 5.69 Å². The molecule has 4 heteroatoms. The molecule has 1 unspecified atom stereocenters. The van der Waals surface area contributed by atoms with Crippen molar-refractivity contribution in [3.63, 3.8) is 0 Å². The summed E-state index contributed by atoms with van der Waals surface area (Å²) in [4.78, 5) is 2.43. The summed E-state index contributed by atoms with van der Waals surface area (Å²) in [6, 6.07) is 7.00. The van der Waals surface area contributed by atoms with Gasteiger partial charge in [-0.2, -0.15) is 0 Å². The Balaban J connectivity index is 3.06. The molecule has 0 aliphatic rings. The lowest BCUT2D eigenvalue weighted by Crippen LogP contribution is -2.37. The van der Waals surface area contributed by atoms with Gasteiger partial charge in [0.1, 0.15) is 0 Å². The molecule has 0 aliphatic carbocycles. The standard InChI is InChI=1S/C16H27BrN2O/c1-5-14(6-2)19(9-10-20-4)16-8-7-13(12(3)18)11-15(16)17/h7-8,11-12,14H,5-6,9-10,18H2,1-4H3. The third-order valence-electron chi connectivity index (χ3n) is 3.73. The van der Waals surface area contributed by atoms with E-state index in [1.807, 2.05) is 6.92 Å². The van der Waals surface area contributed by atoms with E-state index in [0.717, 1.165) is 36.0 Å². The van der Waals surface area contributed by atoms with Gasteiger partial charge in [-0.05, 0) is 53.4 Å². The molecule has 0 bridgehead atoms. The van der Waals surface area contributed by atoms with Crippen molar-refractivity contribution in [3.8, 4) is 0 Å². The molecule has 0 amide bonds. The van der Waals surface area contributed by atoms with Gasteiger partial charge in [0.25, 0.3) is 0 Å². The topological polar surface area (TPSA) is 38.5 Å². The predicted molar refractivity (Wildman–Crippen MR) is 90.3 cm³/mol. The molecule has 1 rings (SSSR count). The first-order chi connectivity index (χ1) is 9.54. The van der Waals surface area contributed by atoms with Crippen molar-refractivity contribution < 1.29 is 4.74 Å². The quantitative estimate of drug-likeness (QED) is 0.772. The van der Waals surface area contributed by atoms with Crippen LogP contribution in [-0.4, -0.2) is 26.3 Å². The van der Waals surface area contributed by atoms with Crippen LogP contribution in [-0.2, 0) is 4.74 Å². The summed E-state index contributed by atoms with van der Waals surface area (Å²) in [5.74, 6) is 0. The minimum atomic E-state index is 0.0564. The first-order valence-corrected chi connectivity index (χ1v) is 8.15. The molecule has 3 nitrogen and oxygen atoms in total. The van der Waals surface area contributed by atoms with Crippen molar-refractivity contribution in [2.45, 2.75) is 45.7 Å². The highest BCUT2D eigenvalue weighted by Crippen LogP contribution is 2.31. The summed E-state index contributed by atoms with van der Waals surface area (Å²) in [6.45, 7) is 8.11. The Morgan fingerprint density at radius 3 is 2.40 bits per heavy atom. The first kappa shape index (κ1) is 17.5. The van der Waals surface area contributed by atoms with Gasteiger partial charge in [0.15, 0.2) is 0 Å². The third-order valence-corrected chi connectivity index (χ3v) is 4.36. The van der Waals surface area contributed by atoms with Crippen LogP contribution < -0.4 is 10.6 Å². The van der Waals surface area contributed by atoms with E-state index in [4.69, 9.17) is 10.5 Å². The van der Waals surface area contributed by atoms with Gasteiger partial charge >= 0.3 is 0 Å². The maximum Gasteiger partial charge on any atom is 0.0637 e. The SMILES string of the molecule is CCC(CC)N(CCOC)c1ccc(C(C)N)cc1Br. The van der Waals surface area contributed by atoms with E-state index in [2.05, 4.69) is 52.9 Å². The second-order valence-electron chi connectivity index (χ2n) is 5.16. The van der Waals surface area contributed by atoms with E-state index < -0.39 is 0 Å². The Morgan fingerprint density at radius 1 is 1.30 bits per heavy atom. The first-order valence-electron chi connectivity index (χ1n) is 7.35. The summed E-state index contributed by atoms with van der Waals surface area (Å²) < 4.78 is 6.36. The molecule has 0 aliphatic heterocycles. The Morgan fingerprint density at radius 2 is 1.95 bits per heavy atom.